The number of hydrogen-bond acceptors (Lipinski definition) is 3. The van der Waals surface area contributed by atoms with Gasteiger partial charge in [-0.2, -0.15) is 0 Å². The Morgan fingerprint density at radius 3 is 3.05 bits per heavy atom. The van der Waals surface area contributed by atoms with Crippen LogP contribution in [0.15, 0.2) is 24.3 Å². The summed E-state index contributed by atoms with van der Waals surface area (Å²) in [6.07, 6.45) is 2.10. The van der Waals surface area contributed by atoms with Crippen molar-refractivity contribution in [2.24, 2.45) is 0 Å². The van der Waals surface area contributed by atoms with Crippen LogP contribution in [0.25, 0.3) is 0 Å². The number of carbonyl (C=O) groups excluding carboxylic acids is 1. The molecule has 1 amide bonds. The molecule has 1 aromatic rings. The van der Waals surface area contributed by atoms with Gasteiger partial charge in [-0.3, -0.25) is 4.79 Å². The van der Waals surface area contributed by atoms with Crippen molar-refractivity contribution in [3.05, 3.63) is 29.3 Å². The van der Waals surface area contributed by atoms with Crippen LogP contribution >= 0.6 is 24.0 Å². The first-order chi connectivity index (χ1) is 9.15. The van der Waals surface area contributed by atoms with Gasteiger partial charge in [0.25, 0.3) is 5.91 Å². The molecule has 1 aliphatic heterocycles. The molecule has 0 saturated carbocycles. The smallest absolute Gasteiger partial charge is 0.258 e. The molecule has 1 saturated heterocycles. The number of amides is 1. The highest BCUT2D eigenvalue weighted by atomic mass is 35.5. The van der Waals surface area contributed by atoms with Crippen LogP contribution in [0, 0.1) is 0 Å². The van der Waals surface area contributed by atoms with Crippen molar-refractivity contribution in [1.29, 1.82) is 0 Å². The second kappa shape index (κ2) is 8.35. The van der Waals surface area contributed by atoms with Gasteiger partial charge in [-0.15, -0.1) is 12.4 Å². The highest BCUT2D eigenvalue weighted by Gasteiger charge is 2.22. The molecule has 1 heterocycles. The zero-order valence-electron chi connectivity index (χ0n) is 11.4. The molecule has 6 heteroatoms. The summed E-state index contributed by atoms with van der Waals surface area (Å²) in [7, 11) is 0. The molecule has 0 radical (unpaired) electrons. The van der Waals surface area contributed by atoms with E-state index in [0.717, 1.165) is 19.4 Å². The summed E-state index contributed by atoms with van der Waals surface area (Å²) in [5.41, 5.74) is 0. The summed E-state index contributed by atoms with van der Waals surface area (Å²) in [4.78, 5) is 11.8. The fourth-order valence-corrected chi connectivity index (χ4v) is 2.38. The van der Waals surface area contributed by atoms with Crippen molar-refractivity contribution in [3.63, 3.8) is 0 Å². The maximum Gasteiger partial charge on any atom is 0.258 e. The van der Waals surface area contributed by atoms with Gasteiger partial charge in [0, 0.05) is 17.1 Å². The van der Waals surface area contributed by atoms with E-state index in [9.17, 15) is 4.79 Å². The standard InChI is InChI=1S/C14H19ClN2O2.ClH/c1-10-13(6-3-7-16-10)17-14(18)9-19-12-5-2-4-11(15)8-12;/h2,4-5,8,10,13,16H,3,6-7,9H2,1H3,(H,17,18);1H. The largest absolute Gasteiger partial charge is 0.484 e. The average molecular weight is 319 g/mol. The molecule has 0 aromatic heterocycles. The van der Waals surface area contributed by atoms with Crippen molar-refractivity contribution in [2.45, 2.75) is 31.8 Å². The van der Waals surface area contributed by atoms with Gasteiger partial charge in [0.05, 0.1) is 0 Å². The Morgan fingerprint density at radius 2 is 2.35 bits per heavy atom. The SMILES string of the molecule is CC1NCCCC1NC(=O)COc1cccc(Cl)c1.Cl. The van der Waals surface area contributed by atoms with Crippen molar-refractivity contribution < 1.29 is 9.53 Å². The van der Waals surface area contributed by atoms with Crippen LogP contribution in [0.1, 0.15) is 19.8 Å². The minimum absolute atomic E-state index is 0. The molecule has 0 bridgehead atoms. The van der Waals surface area contributed by atoms with Crippen LogP contribution in [-0.4, -0.2) is 31.1 Å². The second-order valence-corrected chi connectivity index (χ2v) is 5.24. The number of benzene rings is 1. The Bertz CT molecular complexity index is 443. The third kappa shape index (κ3) is 5.19. The maximum atomic E-state index is 11.8. The van der Waals surface area contributed by atoms with Gasteiger partial charge < -0.3 is 15.4 Å². The van der Waals surface area contributed by atoms with Gasteiger partial charge >= 0.3 is 0 Å². The molecule has 2 rings (SSSR count). The predicted molar refractivity (Wildman–Crippen MR) is 82.8 cm³/mol. The van der Waals surface area contributed by atoms with Gasteiger partial charge in [0.15, 0.2) is 6.61 Å². The van der Waals surface area contributed by atoms with Crippen molar-refractivity contribution >= 4 is 29.9 Å². The number of halogens is 2. The second-order valence-electron chi connectivity index (χ2n) is 4.81. The van der Waals surface area contributed by atoms with Crippen LogP contribution in [0.4, 0.5) is 0 Å². The number of nitrogens with one attached hydrogen (secondary N) is 2. The van der Waals surface area contributed by atoms with Gasteiger partial charge in [-0.1, -0.05) is 17.7 Å². The molecular weight excluding hydrogens is 299 g/mol. The number of rotatable bonds is 4. The molecule has 20 heavy (non-hydrogen) atoms. The third-order valence-corrected chi connectivity index (χ3v) is 3.51. The number of carbonyl (C=O) groups is 1. The minimum atomic E-state index is -0.0967. The van der Waals surface area contributed by atoms with Gasteiger partial charge in [-0.25, -0.2) is 0 Å². The summed E-state index contributed by atoms with van der Waals surface area (Å²) in [5.74, 6) is 0.512. The first-order valence-electron chi connectivity index (χ1n) is 6.56. The zero-order chi connectivity index (χ0) is 13.7. The predicted octanol–water partition coefficient (Wildman–Crippen LogP) is 2.40. The molecule has 0 aliphatic carbocycles. The van der Waals surface area contributed by atoms with E-state index in [1.165, 1.54) is 0 Å². The van der Waals surface area contributed by atoms with E-state index in [0.29, 0.717) is 16.8 Å². The van der Waals surface area contributed by atoms with Crippen LogP contribution < -0.4 is 15.4 Å². The van der Waals surface area contributed by atoms with Crippen LogP contribution in [-0.2, 0) is 4.79 Å². The van der Waals surface area contributed by atoms with E-state index in [2.05, 4.69) is 17.6 Å². The monoisotopic (exact) mass is 318 g/mol. The fourth-order valence-electron chi connectivity index (χ4n) is 2.20. The fraction of sp³-hybridized carbons (Fsp3) is 0.500. The molecule has 2 unspecified atom stereocenters. The highest BCUT2D eigenvalue weighted by Crippen LogP contribution is 2.17. The summed E-state index contributed by atoms with van der Waals surface area (Å²) in [6, 6.07) is 7.53. The number of hydrogen-bond donors (Lipinski definition) is 2. The van der Waals surface area contributed by atoms with E-state index in [1.807, 2.05) is 0 Å². The maximum absolute atomic E-state index is 11.8. The third-order valence-electron chi connectivity index (χ3n) is 3.27. The van der Waals surface area contributed by atoms with Gasteiger partial charge in [-0.05, 0) is 44.5 Å². The minimum Gasteiger partial charge on any atom is -0.484 e. The first-order valence-corrected chi connectivity index (χ1v) is 6.94. The molecule has 4 nitrogen and oxygen atoms in total. The molecule has 1 fully saturated rings. The van der Waals surface area contributed by atoms with Crippen LogP contribution in [0.2, 0.25) is 5.02 Å². The van der Waals surface area contributed by atoms with E-state index in [4.69, 9.17) is 16.3 Å². The number of ether oxygens (including phenoxy) is 1. The average Bonchev–Trinajstić information content (AvgIpc) is 2.39. The Morgan fingerprint density at radius 1 is 1.55 bits per heavy atom. The number of piperidine rings is 1. The lowest BCUT2D eigenvalue weighted by molar-refractivity contribution is -0.124. The topological polar surface area (TPSA) is 50.4 Å². The molecule has 1 aliphatic rings. The van der Waals surface area contributed by atoms with Crippen molar-refractivity contribution in [1.82, 2.24) is 10.6 Å². The van der Waals surface area contributed by atoms with E-state index in [-0.39, 0.29) is 31.0 Å². The highest BCUT2D eigenvalue weighted by molar-refractivity contribution is 6.30. The van der Waals surface area contributed by atoms with Gasteiger partial charge in [0.1, 0.15) is 5.75 Å². The van der Waals surface area contributed by atoms with Crippen LogP contribution in [0.3, 0.4) is 0 Å². The lowest BCUT2D eigenvalue weighted by atomic mass is 10.00. The van der Waals surface area contributed by atoms with Gasteiger partial charge in [0.2, 0.25) is 0 Å². The molecular formula is C14H20Cl2N2O2. The molecule has 112 valence electrons. The Labute approximate surface area is 130 Å². The Kier molecular flexibility index (Phi) is 7.13. The molecule has 2 N–H and O–H groups in total. The van der Waals surface area contributed by atoms with E-state index in [1.54, 1.807) is 24.3 Å². The Hall–Kier alpha value is -0.970. The molecule has 1 aromatic carbocycles. The summed E-state index contributed by atoms with van der Waals surface area (Å²) >= 11 is 5.85. The van der Waals surface area contributed by atoms with Crippen molar-refractivity contribution in [3.8, 4) is 5.75 Å². The summed E-state index contributed by atoms with van der Waals surface area (Å²) < 4.78 is 5.41. The van der Waals surface area contributed by atoms with Crippen LogP contribution in [0.5, 0.6) is 5.75 Å². The summed E-state index contributed by atoms with van der Waals surface area (Å²) in [5, 5.41) is 6.94. The molecule has 0 spiro atoms. The first kappa shape index (κ1) is 17.1. The van der Waals surface area contributed by atoms with Crippen molar-refractivity contribution in [2.75, 3.05) is 13.2 Å². The van der Waals surface area contributed by atoms with E-state index < -0.39 is 0 Å². The van der Waals surface area contributed by atoms with E-state index >= 15 is 0 Å². The molecule has 2 atom stereocenters. The lowest BCUT2D eigenvalue weighted by Crippen LogP contribution is -2.52. The lowest BCUT2D eigenvalue weighted by Gasteiger charge is -2.30. The Balaban J connectivity index is 0.00000200. The normalized spacial score (nSPS) is 21.7. The summed E-state index contributed by atoms with van der Waals surface area (Å²) in [6.45, 7) is 3.12. The quantitative estimate of drug-likeness (QED) is 0.896. The zero-order valence-corrected chi connectivity index (χ0v) is 13.0.